The van der Waals surface area contributed by atoms with Crippen LogP contribution in [0.1, 0.15) is 42.8 Å². The Kier molecular flexibility index (Phi) is 4.87. The number of hydrogen-bond acceptors (Lipinski definition) is 4. The zero-order chi connectivity index (χ0) is 18.0. The van der Waals surface area contributed by atoms with E-state index in [9.17, 15) is 22.4 Å². The predicted molar refractivity (Wildman–Crippen MR) is 73.4 cm³/mol. The first-order chi connectivity index (χ1) is 11.3. The van der Waals surface area contributed by atoms with Gasteiger partial charge in [-0.25, -0.2) is 17.6 Å². The maximum atomic E-state index is 13.0. The first-order valence-corrected chi connectivity index (χ1v) is 6.64. The second kappa shape index (κ2) is 6.69. The molecular weight excluding hydrogens is 332 g/mol. The Hall–Kier alpha value is -2.90. The van der Waals surface area contributed by atoms with Crippen molar-refractivity contribution in [1.82, 2.24) is 19.6 Å². The number of anilines is 1. The molecule has 0 spiro atoms. The van der Waals surface area contributed by atoms with E-state index < -0.39 is 36.2 Å². The number of nitrogens with zero attached hydrogens (tertiary/aromatic N) is 5. The fourth-order valence-electron chi connectivity index (χ4n) is 2.01. The third-order valence-corrected chi connectivity index (χ3v) is 3.28. The highest BCUT2D eigenvalue weighted by atomic mass is 19.3. The van der Waals surface area contributed by atoms with Crippen molar-refractivity contribution in [2.45, 2.75) is 25.8 Å². The molecule has 128 valence electrons. The second-order valence-electron chi connectivity index (χ2n) is 4.85. The molecule has 0 radical (unpaired) electrons. The molecule has 24 heavy (non-hydrogen) atoms. The smallest absolute Gasteiger partial charge is 0.282 e. The van der Waals surface area contributed by atoms with Gasteiger partial charge in [0.1, 0.15) is 34.9 Å². The minimum absolute atomic E-state index is 0.0641. The third-order valence-electron chi connectivity index (χ3n) is 3.28. The Bertz CT molecular complexity index is 791. The quantitative estimate of drug-likeness (QED) is 0.844. The minimum atomic E-state index is -3.08. The van der Waals surface area contributed by atoms with Gasteiger partial charge in [0, 0.05) is 7.05 Å². The molecule has 0 aromatic carbocycles. The molecule has 7 nitrogen and oxygen atoms in total. The number of carbonyl (C=O) groups is 1. The molecule has 11 heteroatoms. The minimum Gasteiger partial charge on any atom is -0.308 e. The fourth-order valence-corrected chi connectivity index (χ4v) is 2.01. The molecule has 2 rings (SSSR count). The van der Waals surface area contributed by atoms with Crippen LogP contribution in [0.5, 0.6) is 0 Å². The molecule has 2 aromatic rings. The van der Waals surface area contributed by atoms with Crippen LogP contribution in [-0.4, -0.2) is 25.5 Å². The average molecular weight is 344 g/mol. The number of halogens is 4. The molecule has 0 aliphatic heterocycles. The van der Waals surface area contributed by atoms with E-state index in [0.29, 0.717) is 10.7 Å². The molecule has 1 atom stereocenters. The lowest BCUT2D eigenvalue weighted by Crippen LogP contribution is -2.27. The number of nitriles is 1. The summed E-state index contributed by atoms with van der Waals surface area (Å²) in [5, 5.41) is 18.5. The molecule has 2 heterocycles. The van der Waals surface area contributed by atoms with Crippen LogP contribution in [0, 0.1) is 11.3 Å². The van der Waals surface area contributed by atoms with Crippen LogP contribution in [-0.2, 0) is 11.8 Å². The molecular formula is C13H12F4N6O. The summed E-state index contributed by atoms with van der Waals surface area (Å²) in [5.41, 5.74) is -1.57. The van der Waals surface area contributed by atoms with Crippen LogP contribution in [0.2, 0.25) is 0 Å². The number of rotatable bonds is 5. The highest BCUT2D eigenvalue weighted by Crippen LogP contribution is 2.28. The first kappa shape index (κ1) is 17.5. The molecule has 1 N–H and O–H groups in total. The fraction of sp³-hybridized carbons (Fsp3) is 0.385. The van der Waals surface area contributed by atoms with Crippen molar-refractivity contribution >= 4 is 11.7 Å². The monoisotopic (exact) mass is 344 g/mol. The van der Waals surface area contributed by atoms with E-state index in [0.717, 1.165) is 0 Å². The van der Waals surface area contributed by atoms with Gasteiger partial charge in [-0.2, -0.15) is 15.5 Å². The summed E-state index contributed by atoms with van der Waals surface area (Å²) in [7, 11) is 1.47. The number of nitrogens with one attached hydrogen (secondary N) is 1. The van der Waals surface area contributed by atoms with E-state index in [1.165, 1.54) is 24.9 Å². The number of alkyl halides is 4. The summed E-state index contributed by atoms with van der Waals surface area (Å²) in [6, 6.07) is 1.07. The molecule has 2 aromatic heterocycles. The van der Waals surface area contributed by atoms with E-state index in [1.54, 1.807) is 0 Å². The van der Waals surface area contributed by atoms with Crippen molar-refractivity contribution < 1.29 is 22.4 Å². The normalized spacial score (nSPS) is 12.5. The molecule has 0 aliphatic rings. The number of aryl methyl sites for hydroxylation is 1. The number of aromatic nitrogens is 4. The molecule has 1 unspecified atom stereocenters. The molecule has 0 saturated heterocycles. The second-order valence-corrected chi connectivity index (χ2v) is 4.85. The third kappa shape index (κ3) is 3.22. The van der Waals surface area contributed by atoms with Crippen molar-refractivity contribution in [2.75, 3.05) is 5.32 Å². The van der Waals surface area contributed by atoms with E-state index >= 15 is 0 Å². The van der Waals surface area contributed by atoms with Gasteiger partial charge < -0.3 is 5.32 Å². The number of amides is 1. The molecule has 0 saturated carbocycles. The molecule has 0 fully saturated rings. The summed E-state index contributed by atoms with van der Waals surface area (Å²) in [5.74, 6) is -0.741. The van der Waals surface area contributed by atoms with Crippen molar-refractivity contribution in [1.29, 1.82) is 5.26 Å². The SMILES string of the molecule is CC(C(=O)Nc1c(C#N)cnn1C)n1nc(C(F)F)cc1C(F)F. The number of carbonyl (C=O) groups excluding carboxylic acids is 1. The Morgan fingerprint density at radius 2 is 2.00 bits per heavy atom. The highest BCUT2D eigenvalue weighted by molar-refractivity contribution is 5.93. The van der Waals surface area contributed by atoms with Crippen molar-refractivity contribution in [3.63, 3.8) is 0 Å². The topological polar surface area (TPSA) is 88.5 Å². The van der Waals surface area contributed by atoms with Crippen LogP contribution in [0.4, 0.5) is 23.4 Å². The lowest BCUT2D eigenvalue weighted by Gasteiger charge is -2.15. The van der Waals surface area contributed by atoms with Gasteiger partial charge in [0.2, 0.25) is 5.91 Å². The summed E-state index contributed by atoms with van der Waals surface area (Å²) in [4.78, 5) is 12.2. The van der Waals surface area contributed by atoms with Crippen LogP contribution in [0.25, 0.3) is 0 Å². The van der Waals surface area contributed by atoms with Gasteiger partial charge >= 0.3 is 0 Å². The standard InChI is InChI=1S/C13H12F4N6O/c1-6(13(24)20-12-7(4-18)5-19-22(12)2)23-9(11(16)17)3-8(21-23)10(14)15/h3,5-6,10-11H,1-2H3,(H,20,24). The zero-order valence-corrected chi connectivity index (χ0v) is 12.5. The van der Waals surface area contributed by atoms with Crippen molar-refractivity contribution in [3.8, 4) is 6.07 Å². The maximum absolute atomic E-state index is 13.0. The summed E-state index contributed by atoms with van der Waals surface area (Å²) in [6.07, 6.45) is -4.90. The van der Waals surface area contributed by atoms with E-state index in [4.69, 9.17) is 5.26 Å². The maximum Gasteiger partial charge on any atom is 0.282 e. The van der Waals surface area contributed by atoms with Crippen LogP contribution in [0.3, 0.4) is 0 Å². The summed E-state index contributed by atoms with van der Waals surface area (Å²) in [6.45, 7) is 1.23. The summed E-state index contributed by atoms with van der Waals surface area (Å²) >= 11 is 0. The van der Waals surface area contributed by atoms with E-state index in [-0.39, 0.29) is 11.4 Å². The van der Waals surface area contributed by atoms with Crippen LogP contribution in [0.15, 0.2) is 12.3 Å². The largest absolute Gasteiger partial charge is 0.308 e. The van der Waals surface area contributed by atoms with Crippen LogP contribution < -0.4 is 5.32 Å². The van der Waals surface area contributed by atoms with Gasteiger partial charge in [-0.05, 0) is 13.0 Å². The Balaban J connectivity index is 2.31. The molecule has 1 amide bonds. The lowest BCUT2D eigenvalue weighted by atomic mass is 10.2. The van der Waals surface area contributed by atoms with E-state index in [2.05, 4.69) is 15.5 Å². The van der Waals surface area contributed by atoms with Gasteiger partial charge in [0.15, 0.2) is 0 Å². The van der Waals surface area contributed by atoms with Gasteiger partial charge in [-0.3, -0.25) is 14.2 Å². The summed E-state index contributed by atoms with van der Waals surface area (Å²) < 4.78 is 53.1. The number of hydrogen-bond donors (Lipinski definition) is 1. The zero-order valence-electron chi connectivity index (χ0n) is 12.5. The van der Waals surface area contributed by atoms with E-state index in [1.807, 2.05) is 6.07 Å². The Morgan fingerprint density at radius 1 is 1.33 bits per heavy atom. The lowest BCUT2D eigenvalue weighted by molar-refractivity contribution is -0.119. The Labute approximate surface area is 133 Å². The highest BCUT2D eigenvalue weighted by Gasteiger charge is 2.27. The Morgan fingerprint density at radius 3 is 2.54 bits per heavy atom. The molecule has 0 bridgehead atoms. The van der Waals surface area contributed by atoms with Gasteiger partial charge in [0.05, 0.1) is 6.20 Å². The van der Waals surface area contributed by atoms with Gasteiger partial charge in [-0.15, -0.1) is 0 Å². The molecule has 0 aliphatic carbocycles. The van der Waals surface area contributed by atoms with Gasteiger partial charge in [0.25, 0.3) is 12.9 Å². The predicted octanol–water partition coefficient (Wildman–Crippen LogP) is 2.56. The van der Waals surface area contributed by atoms with Gasteiger partial charge in [-0.1, -0.05) is 0 Å². The van der Waals surface area contributed by atoms with Crippen molar-refractivity contribution in [2.24, 2.45) is 7.05 Å². The van der Waals surface area contributed by atoms with Crippen molar-refractivity contribution in [3.05, 3.63) is 29.2 Å². The van der Waals surface area contributed by atoms with Crippen LogP contribution >= 0.6 is 0 Å². The average Bonchev–Trinajstić information content (AvgIpc) is 3.11. The first-order valence-electron chi connectivity index (χ1n) is 6.64.